The molecule has 0 saturated heterocycles. The zero-order valence-corrected chi connectivity index (χ0v) is 13.2. The number of nitrogens with zero attached hydrogens (tertiary/aromatic N) is 3. The van der Waals surface area contributed by atoms with Crippen LogP contribution in [0.15, 0.2) is 12.5 Å². The van der Waals surface area contributed by atoms with E-state index in [0.717, 1.165) is 18.5 Å². The molecule has 1 atom stereocenters. The highest BCUT2D eigenvalue weighted by Crippen LogP contribution is 2.17. The van der Waals surface area contributed by atoms with Gasteiger partial charge in [0, 0.05) is 38.1 Å². The maximum Gasteiger partial charge on any atom is 0.238 e. The molecule has 0 N–H and O–H groups in total. The molecular weight excluding hydrogens is 294 g/mol. The van der Waals surface area contributed by atoms with Crippen molar-refractivity contribution < 1.29 is 17.9 Å². The molecule has 0 bridgehead atoms. The second-order valence-corrected chi connectivity index (χ2v) is 7.55. The van der Waals surface area contributed by atoms with Gasteiger partial charge in [-0.1, -0.05) is 0 Å². The van der Waals surface area contributed by atoms with Gasteiger partial charge in [-0.05, 0) is 6.92 Å². The van der Waals surface area contributed by atoms with Crippen molar-refractivity contribution in [3.8, 4) is 0 Å². The van der Waals surface area contributed by atoms with Gasteiger partial charge >= 0.3 is 0 Å². The summed E-state index contributed by atoms with van der Waals surface area (Å²) in [6.07, 6.45) is 4.52. The van der Waals surface area contributed by atoms with Gasteiger partial charge in [0.2, 0.25) is 5.91 Å². The van der Waals surface area contributed by atoms with Crippen LogP contribution in [0.5, 0.6) is 0 Å². The molecule has 1 aliphatic rings. The van der Waals surface area contributed by atoms with Crippen LogP contribution >= 0.6 is 0 Å². The summed E-state index contributed by atoms with van der Waals surface area (Å²) < 4.78 is 30.1. The highest BCUT2D eigenvalue weighted by atomic mass is 32.2. The second kappa shape index (κ2) is 6.57. The van der Waals surface area contributed by atoms with Crippen molar-refractivity contribution in [1.82, 2.24) is 14.5 Å². The summed E-state index contributed by atoms with van der Waals surface area (Å²) >= 11 is 0. The lowest BCUT2D eigenvalue weighted by Crippen LogP contribution is -2.38. The topological polar surface area (TPSA) is 81.5 Å². The van der Waals surface area contributed by atoms with Crippen molar-refractivity contribution in [2.75, 3.05) is 31.8 Å². The van der Waals surface area contributed by atoms with Crippen LogP contribution in [0.1, 0.15) is 12.6 Å². The van der Waals surface area contributed by atoms with Crippen molar-refractivity contribution in [1.29, 1.82) is 0 Å². The summed E-state index contributed by atoms with van der Waals surface area (Å²) in [5.74, 6) is -0.694. The molecule has 0 saturated carbocycles. The van der Waals surface area contributed by atoms with Crippen molar-refractivity contribution >= 4 is 15.7 Å². The van der Waals surface area contributed by atoms with Gasteiger partial charge in [0.25, 0.3) is 0 Å². The molecule has 118 valence electrons. The number of ether oxygens (including phenoxy) is 1. The van der Waals surface area contributed by atoms with Crippen LogP contribution in [-0.4, -0.2) is 60.5 Å². The first kappa shape index (κ1) is 16.0. The molecule has 1 aliphatic heterocycles. The molecule has 2 rings (SSSR count). The molecule has 7 nitrogen and oxygen atoms in total. The van der Waals surface area contributed by atoms with E-state index >= 15 is 0 Å². The molecule has 0 spiro atoms. The number of sulfone groups is 1. The quantitative estimate of drug-likeness (QED) is 0.759. The highest BCUT2D eigenvalue weighted by molar-refractivity contribution is 7.91. The Hall–Kier alpha value is -1.41. The number of aromatic nitrogens is 2. The second-order valence-electron chi connectivity index (χ2n) is 5.41. The monoisotopic (exact) mass is 315 g/mol. The van der Waals surface area contributed by atoms with Crippen LogP contribution in [0.3, 0.4) is 0 Å². The maximum absolute atomic E-state index is 12.2. The minimum atomic E-state index is -3.33. The lowest BCUT2D eigenvalue weighted by molar-refractivity contribution is -0.129. The first-order valence-electron chi connectivity index (χ1n) is 6.91. The van der Waals surface area contributed by atoms with Gasteiger partial charge in [0.1, 0.15) is 5.75 Å². The van der Waals surface area contributed by atoms with Crippen molar-refractivity contribution in [2.45, 2.75) is 20.0 Å². The number of carbonyl (C=O) groups excluding carboxylic acids is 1. The predicted octanol–water partition coefficient (Wildman–Crippen LogP) is -0.0774. The van der Waals surface area contributed by atoms with Crippen molar-refractivity contribution in [3.05, 3.63) is 18.2 Å². The van der Waals surface area contributed by atoms with Crippen molar-refractivity contribution in [3.63, 3.8) is 0 Å². The Labute approximate surface area is 124 Å². The molecule has 1 aromatic rings. The fraction of sp³-hybridized carbons (Fsp3) is 0.692. The number of amides is 1. The minimum Gasteiger partial charge on any atom is -0.381 e. The van der Waals surface area contributed by atoms with E-state index in [4.69, 9.17) is 4.74 Å². The standard InChI is InChI=1S/C13H21N3O4S/c1-3-20-8-11-5-15(13(17)9-21(2,18)19)7-12-4-14-10-16(12)6-11/h4,10-11H,3,5-9H2,1-2H3. The zero-order chi connectivity index (χ0) is 15.5. The molecule has 0 radical (unpaired) electrons. The Balaban J connectivity index is 2.15. The first-order chi connectivity index (χ1) is 9.89. The summed E-state index contributed by atoms with van der Waals surface area (Å²) in [6.45, 7) is 4.68. The molecule has 1 amide bonds. The number of hydrogen-bond acceptors (Lipinski definition) is 5. The Morgan fingerprint density at radius 1 is 1.48 bits per heavy atom. The third kappa shape index (κ3) is 4.53. The van der Waals surface area contributed by atoms with E-state index in [1.807, 2.05) is 11.5 Å². The first-order valence-corrected chi connectivity index (χ1v) is 8.97. The number of fused-ring (bicyclic) bond motifs is 1. The molecule has 0 aromatic carbocycles. The summed E-state index contributed by atoms with van der Waals surface area (Å²) in [5.41, 5.74) is 0.913. The summed E-state index contributed by atoms with van der Waals surface area (Å²) in [5, 5.41) is 0. The smallest absolute Gasteiger partial charge is 0.238 e. The summed E-state index contributed by atoms with van der Waals surface area (Å²) in [6, 6.07) is 0. The Bertz CT molecular complexity index is 596. The summed E-state index contributed by atoms with van der Waals surface area (Å²) in [4.78, 5) is 17.9. The summed E-state index contributed by atoms with van der Waals surface area (Å²) in [7, 11) is -3.33. The van der Waals surface area contributed by atoms with Gasteiger partial charge in [-0.25, -0.2) is 13.4 Å². The van der Waals surface area contributed by atoms with Gasteiger partial charge in [0.05, 0.1) is 25.2 Å². The lowest BCUT2D eigenvalue weighted by Gasteiger charge is -2.23. The van der Waals surface area contributed by atoms with E-state index in [0.29, 0.717) is 26.3 Å². The molecule has 1 unspecified atom stereocenters. The van der Waals surface area contributed by atoms with Crippen LogP contribution in [0.2, 0.25) is 0 Å². The number of hydrogen-bond donors (Lipinski definition) is 0. The van der Waals surface area contributed by atoms with E-state index < -0.39 is 15.6 Å². The predicted molar refractivity (Wildman–Crippen MR) is 77.3 cm³/mol. The van der Waals surface area contributed by atoms with E-state index in [-0.39, 0.29) is 11.8 Å². The number of rotatable bonds is 5. The average Bonchev–Trinajstić information content (AvgIpc) is 2.72. The van der Waals surface area contributed by atoms with Gasteiger partial charge in [-0.3, -0.25) is 4.79 Å². The Kier molecular flexibility index (Phi) is 5.00. The van der Waals surface area contributed by atoms with Gasteiger partial charge in [-0.2, -0.15) is 0 Å². The lowest BCUT2D eigenvalue weighted by atomic mass is 10.1. The van der Waals surface area contributed by atoms with Gasteiger partial charge in [0.15, 0.2) is 9.84 Å². The third-order valence-electron chi connectivity index (χ3n) is 3.38. The van der Waals surface area contributed by atoms with Gasteiger partial charge < -0.3 is 14.2 Å². The normalized spacial score (nSPS) is 19.1. The average molecular weight is 315 g/mol. The van der Waals surface area contributed by atoms with E-state index in [1.54, 1.807) is 17.4 Å². The van der Waals surface area contributed by atoms with Crippen LogP contribution in [0, 0.1) is 5.92 Å². The van der Waals surface area contributed by atoms with Crippen LogP contribution in [0.25, 0.3) is 0 Å². The van der Waals surface area contributed by atoms with Crippen LogP contribution < -0.4 is 0 Å². The Morgan fingerprint density at radius 3 is 2.90 bits per heavy atom. The fourth-order valence-electron chi connectivity index (χ4n) is 2.45. The minimum absolute atomic E-state index is 0.129. The molecule has 0 aliphatic carbocycles. The molecule has 2 heterocycles. The molecule has 8 heteroatoms. The van der Waals surface area contributed by atoms with Gasteiger partial charge in [-0.15, -0.1) is 0 Å². The zero-order valence-electron chi connectivity index (χ0n) is 12.4. The van der Waals surface area contributed by atoms with Crippen molar-refractivity contribution in [2.24, 2.45) is 5.92 Å². The molecule has 1 aromatic heterocycles. The fourth-order valence-corrected chi connectivity index (χ4v) is 3.08. The largest absolute Gasteiger partial charge is 0.381 e. The van der Waals surface area contributed by atoms with Crippen LogP contribution in [0.4, 0.5) is 0 Å². The van der Waals surface area contributed by atoms with E-state index in [9.17, 15) is 13.2 Å². The molecule has 0 fully saturated rings. The molecule has 21 heavy (non-hydrogen) atoms. The Morgan fingerprint density at radius 2 is 2.24 bits per heavy atom. The molecular formula is C13H21N3O4S. The highest BCUT2D eigenvalue weighted by Gasteiger charge is 2.26. The number of imidazole rings is 1. The van der Waals surface area contributed by atoms with E-state index in [1.165, 1.54) is 0 Å². The number of carbonyl (C=O) groups is 1. The third-order valence-corrected chi connectivity index (χ3v) is 4.15. The van der Waals surface area contributed by atoms with E-state index in [2.05, 4.69) is 4.98 Å². The SMILES string of the molecule is CCOCC1CN(C(=O)CS(C)(=O)=O)Cc2cncn2C1. The maximum atomic E-state index is 12.2. The van der Waals surface area contributed by atoms with Crippen LogP contribution in [-0.2, 0) is 32.5 Å².